The summed E-state index contributed by atoms with van der Waals surface area (Å²) >= 11 is 6.32. The molecule has 0 radical (unpaired) electrons. The summed E-state index contributed by atoms with van der Waals surface area (Å²) in [6.45, 7) is 3.91. The van der Waals surface area contributed by atoms with Gasteiger partial charge < -0.3 is 19.3 Å². The molecule has 140 valence electrons. The second-order valence-electron chi connectivity index (χ2n) is 6.53. The van der Waals surface area contributed by atoms with Gasteiger partial charge in [-0.05, 0) is 36.8 Å². The number of hydrogen-bond donors (Lipinski definition) is 1. The SMILES string of the molecule is Cc1cccc(-n2c(C(=O)O)c(N3CCOCC3)c3c(Cl)c(F)ccc32)c1. The third kappa shape index (κ3) is 2.95. The van der Waals surface area contributed by atoms with E-state index in [1.807, 2.05) is 36.1 Å². The molecule has 4 rings (SSSR count). The molecule has 27 heavy (non-hydrogen) atoms. The standard InChI is InChI=1S/C20H18ClFN2O3/c1-12-3-2-4-13(11-12)24-15-6-5-14(22)17(21)16(15)18(19(24)20(25)26)23-7-9-27-10-8-23/h2-6,11H,7-10H2,1H3,(H,25,26). The highest BCUT2D eigenvalue weighted by molar-refractivity contribution is 6.37. The monoisotopic (exact) mass is 388 g/mol. The van der Waals surface area contributed by atoms with Gasteiger partial charge in [0.1, 0.15) is 5.82 Å². The number of fused-ring (bicyclic) bond motifs is 1. The third-order valence-corrected chi connectivity index (χ3v) is 5.16. The van der Waals surface area contributed by atoms with Crippen molar-refractivity contribution < 1.29 is 19.0 Å². The van der Waals surface area contributed by atoms with Crippen LogP contribution in [0.3, 0.4) is 0 Å². The number of aryl methyl sites for hydroxylation is 1. The lowest BCUT2D eigenvalue weighted by Crippen LogP contribution is -2.37. The van der Waals surface area contributed by atoms with Gasteiger partial charge >= 0.3 is 5.97 Å². The highest BCUT2D eigenvalue weighted by atomic mass is 35.5. The van der Waals surface area contributed by atoms with Crippen LogP contribution in [-0.2, 0) is 4.74 Å². The fraction of sp³-hybridized carbons (Fsp3) is 0.250. The van der Waals surface area contributed by atoms with E-state index in [9.17, 15) is 14.3 Å². The van der Waals surface area contributed by atoms with E-state index >= 15 is 0 Å². The molecule has 1 aliphatic rings. The molecule has 0 unspecified atom stereocenters. The van der Waals surface area contributed by atoms with Gasteiger partial charge in [-0.15, -0.1) is 0 Å². The molecular formula is C20H18ClFN2O3. The van der Waals surface area contributed by atoms with Gasteiger partial charge in [-0.2, -0.15) is 0 Å². The molecule has 7 heteroatoms. The van der Waals surface area contributed by atoms with Crippen molar-refractivity contribution >= 4 is 34.2 Å². The summed E-state index contributed by atoms with van der Waals surface area (Å²) in [4.78, 5) is 14.2. The average Bonchev–Trinajstić information content (AvgIpc) is 3.01. The minimum absolute atomic E-state index is 0.0668. The van der Waals surface area contributed by atoms with Crippen LogP contribution in [0.15, 0.2) is 36.4 Å². The lowest BCUT2D eigenvalue weighted by Gasteiger charge is -2.29. The van der Waals surface area contributed by atoms with Crippen molar-refractivity contribution in [3.8, 4) is 5.69 Å². The number of anilines is 1. The molecule has 2 aromatic carbocycles. The van der Waals surface area contributed by atoms with E-state index in [0.717, 1.165) is 5.56 Å². The number of nitrogens with zero attached hydrogens (tertiary/aromatic N) is 2. The van der Waals surface area contributed by atoms with E-state index in [-0.39, 0.29) is 10.7 Å². The van der Waals surface area contributed by atoms with Gasteiger partial charge in [-0.1, -0.05) is 23.7 Å². The molecule has 0 bridgehead atoms. The maximum absolute atomic E-state index is 14.3. The van der Waals surface area contributed by atoms with Crippen molar-refractivity contribution in [1.29, 1.82) is 0 Å². The predicted octanol–water partition coefficient (Wildman–Crippen LogP) is 4.27. The van der Waals surface area contributed by atoms with Gasteiger partial charge in [0.25, 0.3) is 0 Å². The van der Waals surface area contributed by atoms with Gasteiger partial charge in [0.15, 0.2) is 5.69 Å². The number of aromatic nitrogens is 1. The normalized spacial score (nSPS) is 14.7. The summed E-state index contributed by atoms with van der Waals surface area (Å²) in [5, 5.41) is 10.4. The van der Waals surface area contributed by atoms with Crippen molar-refractivity contribution in [2.24, 2.45) is 0 Å². The van der Waals surface area contributed by atoms with Crippen molar-refractivity contribution in [2.45, 2.75) is 6.92 Å². The zero-order valence-electron chi connectivity index (χ0n) is 14.7. The first kappa shape index (κ1) is 17.8. The summed E-state index contributed by atoms with van der Waals surface area (Å²) in [5.41, 5.74) is 2.76. The molecule has 1 aromatic heterocycles. The van der Waals surface area contributed by atoms with Crippen LogP contribution in [-0.4, -0.2) is 41.9 Å². The molecule has 0 amide bonds. The fourth-order valence-corrected chi connectivity index (χ4v) is 3.87. The molecule has 5 nitrogen and oxygen atoms in total. The van der Waals surface area contributed by atoms with Crippen LogP contribution < -0.4 is 4.90 Å². The van der Waals surface area contributed by atoms with E-state index in [4.69, 9.17) is 16.3 Å². The van der Waals surface area contributed by atoms with Crippen LogP contribution in [0.2, 0.25) is 5.02 Å². The number of carbonyl (C=O) groups is 1. The molecule has 1 fully saturated rings. The van der Waals surface area contributed by atoms with Gasteiger partial charge in [0, 0.05) is 24.2 Å². The van der Waals surface area contributed by atoms with Crippen LogP contribution in [0.1, 0.15) is 16.1 Å². The summed E-state index contributed by atoms with van der Waals surface area (Å²) in [7, 11) is 0. The van der Waals surface area contributed by atoms with Crippen LogP contribution in [0, 0.1) is 12.7 Å². The van der Waals surface area contributed by atoms with Gasteiger partial charge in [-0.3, -0.25) is 0 Å². The van der Waals surface area contributed by atoms with Crippen molar-refractivity contribution in [3.05, 3.63) is 58.5 Å². The Hall–Kier alpha value is -2.57. The molecule has 1 N–H and O–H groups in total. The quantitative estimate of drug-likeness (QED) is 0.728. The van der Waals surface area contributed by atoms with E-state index in [1.54, 1.807) is 10.6 Å². The molecule has 0 atom stereocenters. The summed E-state index contributed by atoms with van der Waals surface area (Å²) in [6.07, 6.45) is 0. The van der Waals surface area contributed by atoms with Crippen LogP contribution in [0.25, 0.3) is 16.6 Å². The number of halogens is 2. The van der Waals surface area contributed by atoms with E-state index in [0.29, 0.717) is 48.6 Å². The molecule has 1 saturated heterocycles. The number of carboxylic acid groups (broad SMARTS) is 1. The second kappa shape index (κ2) is 6.87. The number of ether oxygens (including phenoxy) is 1. The highest BCUT2D eigenvalue weighted by Gasteiger charge is 2.30. The molecule has 2 heterocycles. The minimum Gasteiger partial charge on any atom is -0.476 e. The molecule has 0 spiro atoms. The lowest BCUT2D eigenvalue weighted by atomic mass is 10.2. The van der Waals surface area contributed by atoms with Crippen molar-refractivity contribution in [3.63, 3.8) is 0 Å². The minimum atomic E-state index is -1.09. The first-order valence-electron chi connectivity index (χ1n) is 8.64. The largest absolute Gasteiger partial charge is 0.476 e. The van der Waals surface area contributed by atoms with Crippen LogP contribution >= 0.6 is 11.6 Å². The smallest absolute Gasteiger partial charge is 0.355 e. The van der Waals surface area contributed by atoms with Gasteiger partial charge in [0.2, 0.25) is 0 Å². The Labute approximate surface area is 160 Å². The number of rotatable bonds is 3. The summed E-state index contributed by atoms with van der Waals surface area (Å²) in [5.74, 6) is -1.66. The van der Waals surface area contributed by atoms with Gasteiger partial charge in [0.05, 0.1) is 29.4 Å². The molecule has 3 aromatic rings. The van der Waals surface area contributed by atoms with E-state index in [1.165, 1.54) is 6.07 Å². The Morgan fingerprint density at radius 2 is 1.96 bits per heavy atom. The Bertz CT molecular complexity index is 1040. The number of morpholine rings is 1. The molecule has 0 aliphatic carbocycles. The Morgan fingerprint density at radius 1 is 1.22 bits per heavy atom. The van der Waals surface area contributed by atoms with Crippen molar-refractivity contribution in [2.75, 3.05) is 31.2 Å². The van der Waals surface area contributed by atoms with Crippen LogP contribution in [0.5, 0.6) is 0 Å². The Morgan fingerprint density at radius 3 is 2.63 bits per heavy atom. The molecule has 1 aliphatic heterocycles. The molecule has 0 saturated carbocycles. The number of hydrogen-bond acceptors (Lipinski definition) is 3. The first-order chi connectivity index (χ1) is 13.0. The topological polar surface area (TPSA) is 54.7 Å². The lowest BCUT2D eigenvalue weighted by molar-refractivity contribution is 0.0688. The zero-order chi connectivity index (χ0) is 19.1. The maximum Gasteiger partial charge on any atom is 0.355 e. The van der Waals surface area contributed by atoms with Gasteiger partial charge in [-0.25, -0.2) is 9.18 Å². The number of benzene rings is 2. The average molecular weight is 389 g/mol. The third-order valence-electron chi connectivity index (χ3n) is 4.79. The van der Waals surface area contributed by atoms with Crippen molar-refractivity contribution in [1.82, 2.24) is 4.57 Å². The number of carboxylic acids is 1. The summed E-state index contributed by atoms with van der Waals surface area (Å²) in [6, 6.07) is 10.4. The maximum atomic E-state index is 14.3. The number of aromatic carboxylic acids is 1. The van der Waals surface area contributed by atoms with Crippen LogP contribution in [0.4, 0.5) is 10.1 Å². The van der Waals surface area contributed by atoms with E-state index < -0.39 is 11.8 Å². The fourth-order valence-electron chi connectivity index (χ4n) is 3.62. The Balaban J connectivity index is 2.12. The second-order valence-corrected chi connectivity index (χ2v) is 6.91. The zero-order valence-corrected chi connectivity index (χ0v) is 15.5. The Kier molecular flexibility index (Phi) is 4.53. The highest BCUT2D eigenvalue weighted by Crippen LogP contribution is 2.41. The molecular weight excluding hydrogens is 371 g/mol. The van der Waals surface area contributed by atoms with E-state index in [2.05, 4.69) is 0 Å². The summed E-state index contributed by atoms with van der Waals surface area (Å²) < 4.78 is 21.3. The predicted molar refractivity (Wildman–Crippen MR) is 103 cm³/mol. The first-order valence-corrected chi connectivity index (χ1v) is 9.02.